The molecule has 0 aliphatic carbocycles. The first-order valence-corrected chi connectivity index (χ1v) is 10.6. The van der Waals surface area contributed by atoms with E-state index in [9.17, 15) is 9.18 Å². The molecule has 1 fully saturated rings. The van der Waals surface area contributed by atoms with Crippen molar-refractivity contribution in [1.82, 2.24) is 14.5 Å². The Hall–Kier alpha value is -3.49. The largest absolute Gasteiger partial charge is 0.491 e. The lowest BCUT2D eigenvalue weighted by Gasteiger charge is -2.29. The summed E-state index contributed by atoms with van der Waals surface area (Å²) in [6, 6.07) is 13.1. The number of ether oxygens (including phenoxy) is 3. The van der Waals surface area contributed by atoms with E-state index in [-0.39, 0.29) is 24.3 Å². The number of hydrogen-bond donors (Lipinski definition) is 0. The van der Waals surface area contributed by atoms with Crippen LogP contribution in [0.3, 0.4) is 0 Å². The van der Waals surface area contributed by atoms with Crippen LogP contribution in [-0.2, 0) is 21.8 Å². The number of allylic oxidation sites excluding steroid dienone is 1. The lowest BCUT2D eigenvalue weighted by Crippen LogP contribution is -2.34. The number of nitrogens with zero attached hydrogens (tertiary/aromatic N) is 3. The predicted octanol–water partition coefficient (Wildman–Crippen LogP) is 3.63. The fourth-order valence-electron chi connectivity index (χ4n) is 3.51. The van der Waals surface area contributed by atoms with Gasteiger partial charge in [0.15, 0.2) is 5.78 Å². The number of carbonyl (C=O) groups excluding carboxylic acids is 1. The first-order chi connectivity index (χ1) is 15.9. The molecule has 1 aliphatic rings. The van der Waals surface area contributed by atoms with Gasteiger partial charge in [0.1, 0.15) is 24.3 Å². The minimum absolute atomic E-state index is 0.0774. The van der Waals surface area contributed by atoms with Crippen molar-refractivity contribution in [2.75, 3.05) is 27.3 Å². The molecule has 2 heterocycles. The highest BCUT2D eigenvalue weighted by Crippen LogP contribution is 2.36. The Labute approximate surface area is 192 Å². The Morgan fingerprint density at radius 2 is 2.00 bits per heavy atom. The summed E-state index contributed by atoms with van der Waals surface area (Å²) in [7, 11) is 3.71. The van der Waals surface area contributed by atoms with Gasteiger partial charge >= 0.3 is 0 Å². The third-order valence-electron chi connectivity index (χ3n) is 5.19. The average molecular weight is 451 g/mol. The van der Waals surface area contributed by atoms with Crippen molar-refractivity contribution in [1.29, 1.82) is 0 Å². The van der Waals surface area contributed by atoms with Crippen LogP contribution in [0.15, 0.2) is 79.5 Å². The van der Waals surface area contributed by atoms with Crippen LogP contribution < -0.4 is 4.74 Å². The van der Waals surface area contributed by atoms with E-state index in [4.69, 9.17) is 14.2 Å². The van der Waals surface area contributed by atoms with Crippen molar-refractivity contribution >= 4 is 5.78 Å². The average Bonchev–Trinajstić information content (AvgIpc) is 3.48. The zero-order valence-corrected chi connectivity index (χ0v) is 18.6. The number of imidazole rings is 1. The summed E-state index contributed by atoms with van der Waals surface area (Å²) in [6.07, 6.45) is 8.08. The van der Waals surface area contributed by atoms with Gasteiger partial charge in [-0.25, -0.2) is 9.37 Å². The third kappa shape index (κ3) is 5.66. The van der Waals surface area contributed by atoms with Crippen molar-refractivity contribution < 1.29 is 23.4 Å². The van der Waals surface area contributed by atoms with Crippen molar-refractivity contribution in [2.24, 2.45) is 0 Å². The number of aromatic nitrogens is 2. The molecular formula is C25H26FN3O4. The Morgan fingerprint density at radius 3 is 2.67 bits per heavy atom. The standard InChI is InChI=1S/C25H26FN3O4/c1-28(2)13-11-24(30)19-3-9-22(10-4-19)31-15-23-16-32-25(33-23,17-29-14-12-27-18-29)20-5-7-21(26)8-6-20/h3-14,18,23H,15-17H2,1-2H3/b13-11+. The molecule has 1 aliphatic heterocycles. The molecular weight excluding hydrogens is 425 g/mol. The lowest BCUT2D eigenvalue weighted by molar-refractivity contribution is -0.189. The van der Waals surface area contributed by atoms with Crippen molar-refractivity contribution in [2.45, 2.75) is 18.4 Å². The molecule has 172 valence electrons. The second-order valence-corrected chi connectivity index (χ2v) is 8.02. The van der Waals surface area contributed by atoms with E-state index in [0.717, 1.165) is 0 Å². The van der Waals surface area contributed by atoms with Gasteiger partial charge in [0.25, 0.3) is 0 Å². The molecule has 2 atom stereocenters. The SMILES string of the molecule is CN(C)/C=C/C(=O)c1ccc(OCC2COC(Cn3ccnc3)(c3ccc(F)cc3)O2)cc1. The molecule has 3 aromatic rings. The van der Waals surface area contributed by atoms with Gasteiger partial charge in [-0.05, 0) is 36.4 Å². The fraction of sp³-hybridized carbons (Fsp3) is 0.280. The number of halogens is 1. The van der Waals surface area contributed by atoms with E-state index in [1.165, 1.54) is 18.2 Å². The molecule has 8 heteroatoms. The molecule has 2 aromatic carbocycles. The molecule has 0 saturated carbocycles. The summed E-state index contributed by atoms with van der Waals surface area (Å²) in [4.78, 5) is 18.0. The van der Waals surface area contributed by atoms with Gasteiger partial charge in [-0.3, -0.25) is 4.79 Å². The molecule has 1 aromatic heterocycles. The highest BCUT2D eigenvalue weighted by molar-refractivity contribution is 6.04. The fourth-order valence-corrected chi connectivity index (χ4v) is 3.51. The van der Waals surface area contributed by atoms with E-state index in [1.54, 1.807) is 60.0 Å². The van der Waals surface area contributed by atoms with Gasteiger partial charge in [-0.2, -0.15) is 0 Å². The van der Waals surface area contributed by atoms with Crippen LogP contribution in [0.25, 0.3) is 0 Å². The quantitative estimate of drug-likeness (QED) is 0.366. The molecule has 4 rings (SSSR count). The van der Waals surface area contributed by atoms with E-state index < -0.39 is 5.79 Å². The van der Waals surface area contributed by atoms with E-state index in [2.05, 4.69) is 4.98 Å². The van der Waals surface area contributed by atoms with Crippen LogP contribution >= 0.6 is 0 Å². The smallest absolute Gasteiger partial charge is 0.214 e. The first kappa shape index (κ1) is 22.7. The summed E-state index contributed by atoms with van der Waals surface area (Å²) in [5.74, 6) is -0.849. The Balaban J connectivity index is 1.40. The summed E-state index contributed by atoms with van der Waals surface area (Å²) in [5, 5.41) is 0. The van der Waals surface area contributed by atoms with Crippen molar-refractivity contribution in [3.63, 3.8) is 0 Å². The molecule has 0 radical (unpaired) electrons. The van der Waals surface area contributed by atoms with Crippen LogP contribution in [-0.4, -0.2) is 53.6 Å². The van der Waals surface area contributed by atoms with Gasteiger partial charge < -0.3 is 23.7 Å². The second kappa shape index (κ2) is 9.97. The predicted molar refractivity (Wildman–Crippen MR) is 120 cm³/mol. The highest BCUT2D eigenvalue weighted by Gasteiger charge is 2.44. The molecule has 0 bridgehead atoms. The number of hydrogen-bond acceptors (Lipinski definition) is 6. The molecule has 1 saturated heterocycles. The zero-order valence-electron chi connectivity index (χ0n) is 18.6. The van der Waals surface area contributed by atoms with Gasteiger partial charge in [0.2, 0.25) is 5.79 Å². The van der Waals surface area contributed by atoms with Crippen LogP contribution in [0.4, 0.5) is 4.39 Å². The van der Waals surface area contributed by atoms with E-state index in [1.807, 2.05) is 24.9 Å². The Kier molecular flexibility index (Phi) is 6.86. The molecule has 2 unspecified atom stereocenters. The first-order valence-electron chi connectivity index (χ1n) is 10.6. The summed E-state index contributed by atoms with van der Waals surface area (Å²) in [5.41, 5.74) is 1.30. The second-order valence-electron chi connectivity index (χ2n) is 8.02. The normalized spacial score (nSPS) is 20.3. The highest BCUT2D eigenvalue weighted by atomic mass is 19.1. The maximum absolute atomic E-state index is 13.5. The van der Waals surface area contributed by atoms with Gasteiger partial charge in [0, 0.05) is 49.9 Å². The topological polar surface area (TPSA) is 65.8 Å². The maximum atomic E-state index is 13.5. The Morgan fingerprint density at radius 1 is 1.24 bits per heavy atom. The number of carbonyl (C=O) groups is 1. The van der Waals surface area contributed by atoms with E-state index in [0.29, 0.717) is 30.0 Å². The van der Waals surface area contributed by atoms with E-state index >= 15 is 0 Å². The lowest BCUT2D eigenvalue weighted by atomic mass is 10.1. The number of rotatable bonds is 9. The monoisotopic (exact) mass is 451 g/mol. The molecule has 33 heavy (non-hydrogen) atoms. The van der Waals surface area contributed by atoms with Crippen molar-refractivity contribution in [3.05, 3.63) is 96.5 Å². The summed E-state index contributed by atoms with van der Waals surface area (Å²) in [6.45, 7) is 0.949. The minimum atomic E-state index is -1.07. The van der Waals surface area contributed by atoms with Crippen LogP contribution in [0.1, 0.15) is 15.9 Å². The summed E-state index contributed by atoms with van der Waals surface area (Å²) >= 11 is 0. The molecule has 0 N–H and O–H groups in total. The third-order valence-corrected chi connectivity index (χ3v) is 5.19. The number of benzene rings is 2. The van der Waals surface area contributed by atoms with Crippen LogP contribution in [0.5, 0.6) is 5.75 Å². The van der Waals surface area contributed by atoms with Crippen LogP contribution in [0.2, 0.25) is 0 Å². The zero-order chi connectivity index (χ0) is 23.3. The van der Waals surface area contributed by atoms with Crippen LogP contribution in [0, 0.1) is 5.82 Å². The summed E-state index contributed by atoms with van der Waals surface area (Å²) < 4.78 is 33.6. The van der Waals surface area contributed by atoms with Crippen molar-refractivity contribution in [3.8, 4) is 5.75 Å². The minimum Gasteiger partial charge on any atom is -0.491 e. The molecule has 0 spiro atoms. The van der Waals surface area contributed by atoms with Gasteiger partial charge in [-0.15, -0.1) is 0 Å². The van der Waals surface area contributed by atoms with Gasteiger partial charge in [0.05, 0.1) is 19.5 Å². The molecule has 0 amide bonds. The number of ketones is 1. The van der Waals surface area contributed by atoms with Gasteiger partial charge in [-0.1, -0.05) is 12.1 Å². The molecule has 7 nitrogen and oxygen atoms in total. The maximum Gasteiger partial charge on any atom is 0.214 e. The Bertz CT molecular complexity index is 1080.